The van der Waals surface area contributed by atoms with E-state index in [-0.39, 0.29) is 0 Å². The van der Waals surface area contributed by atoms with Gasteiger partial charge in [0.2, 0.25) is 0 Å². The number of hydrogen-bond donors (Lipinski definition) is 0. The fourth-order valence-corrected chi connectivity index (χ4v) is 1.94. The number of benzene rings is 1. The molecule has 0 unspecified atom stereocenters. The molecule has 1 aliphatic rings. The zero-order chi connectivity index (χ0) is 9.54. The van der Waals surface area contributed by atoms with Crippen LogP contribution in [0.4, 0.5) is 0 Å². The maximum atomic E-state index is 5.82. The number of pyridine rings is 1. The van der Waals surface area contributed by atoms with Gasteiger partial charge in [0.1, 0.15) is 5.15 Å². The van der Waals surface area contributed by atoms with Gasteiger partial charge >= 0.3 is 0 Å². The van der Waals surface area contributed by atoms with Crippen LogP contribution in [-0.2, 0) is 0 Å². The standard InChI is InChI=1S/C12H10ClN/c13-12-6-4-10-7-9(8-1-2-8)3-5-11(10)14-12/h3-8H,1-2H2. The zero-order valence-corrected chi connectivity index (χ0v) is 8.46. The molecule has 1 fully saturated rings. The van der Waals surface area contributed by atoms with Crippen LogP contribution in [-0.4, -0.2) is 4.98 Å². The third kappa shape index (κ3) is 1.38. The molecule has 1 heterocycles. The smallest absolute Gasteiger partial charge is 0.129 e. The monoisotopic (exact) mass is 203 g/mol. The van der Waals surface area contributed by atoms with Gasteiger partial charge in [-0.3, -0.25) is 0 Å². The van der Waals surface area contributed by atoms with Crippen LogP contribution in [0.1, 0.15) is 24.3 Å². The van der Waals surface area contributed by atoms with Gasteiger partial charge in [-0.05, 0) is 48.6 Å². The van der Waals surface area contributed by atoms with Gasteiger partial charge < -0.3 is 0 Å². The molecule has 3 rings (SSSR count). The van der Waals surface area contributed by atoms with Gasteiger partial charge in [-0.2, -0.15) is 0 Å². The van der Waals surface area contributed by atoms with Crippen LogP contribution in [0.2, 0.25) is 5.15 Å². The quantitative estimate of drug-likeness (QED) is 0.643. The second kappa shape index (κ2) is 2.96. The summed E-state index contributed by atoms with van der Waals surface area (Å²) in [5, 5.41) is 1.76. The van der Waals surface area contributed by atoms with Gasteiger partial charge in [0.25, 0.3) is 0 Å². The summed E-state index contributed by atoms with van der Waals surface area (Å²) in [6.45, 7) is 0. The maximum absolute atomic E-state index is 5.82. The van der Waals surface area contributed by atoms with Crippen LogP contribution in [0, 0.1) is 0 Å². The molecule has 0 amide bonds. The highest BCUT2D eigenvalue weighted by Gasteiger charge is 2.23. The van der Waals surface area contributed by atoms with Gasteiger partial charge in [0.05, 0.1) is 5.52 Å². The number of halogens is 1. The summed E-state index contributed by atoms with van der Waals surface area (Å²) >= 11 is 5.82. The first-order valence-corrected chi connectivity index (χ1v) is 5.27. The predicted molar refractivity (Wildman–Crippen MR) is 58.7 cm³/mol. The predicted octanol–water partition coefficient (Wildman–Crippen LogP) is 3.77. The Hall–Kier alpha value is -1.08. The van der Waals surface area contributed by atoms with Crippen molar-refractivity contribution in [3.8, 4) is 0 Å². The van der Waals surface area contributed by atoms with Crippen molar-refractivity contribution >= 4 is 22.5 Å². The van der Waals surface area contributed by atoms with Crippen LogP contribution in [0.5, 0.6) is 0 Å². The van der Waals surface area contributed by atoms with E-state index in [1.54, 1.807) is 0 Å². The van der Waals surface area contributed by atoms with Crippen LogP contribution >= 0.6 is 11.6 Å². The van der Waals surface area contributed by atoms with E-state index in [9.17, 15) is 0 Å². The van der Waals surface area contributed by atoms with Gasteiger partial charge in [0.15, 0.2) is 0 Å². The third-order valence-electron chi connectivity index (χ3n) is 2.73. The Balaban J connectivity index is 2.18. The molecule has 1 aromatic heterocycles. The van der Waals surface area contributed by atoms with E-state index >= 15 is 0 Å². The Kier molecular flexibility index (Phi) is 1.74. The normalized spacial score (nSPS) is 16.1. The largest absolute Gasteiger partial charge is 0.236 e. The van der Waals surface area contributed by atoms with Crippen molar-refractivity contribution in [2.24, 2.45) is 0 Å². The first-order valence-electron chi connectivity index (χ1n) is 4.89. The molecule has 1 aromatic carbocycles. The number of hydrogen-bond acceptors (Lipinski definition) is 1. The van der Waals surface area contributed by atoms with Crippen LogP contribution in [0.3, 0.4) is 0 Å². The third-order valence-corrected chi connectivity index (χ3v) is 2.94. The van der Waals surface area contributed by atoms with Gasteiger partial charge in [-0.25, -0.2) is 4.98 Å². The molecule has 70 valence electrons. The number of nitrogens with zero attached hydrogens (tertiary/aromatic N) is 1. The minimum absolute atomic E-state index is 0.566. The summed E-state index contributed by atoms with van der Waals surface area (Å²) in [5.41, 5.74) is 2.43. The average Bonchev–Trinajstić information content (AvgIpc) is 3.00. The van der Waals surface area contributed by atoms with Crippen molar-refractivity contribution in [2.75, 3.05) is 0 Å². The molecule has 2 aromatic rings. The fraction of sp³-hybridized carbons (Fsp3) is 0.250. The second-order valence-electron chi connectivity index (χ2n) is 3.86. The molecule has 0 spiro atoms. The van der Waals surface area contributed by atoms with E-state index in [2.05, 4.69) is 23.2 Å². The molecule has 0 bridgehead atoms. The van der Waals surface area contributed by atoms with E-state index in [1.807, 2.05) is 12.1 Å². The van der Waals surface area contributed by atoms with Crippen molar-refractivity contribution in [3.05, 3.63) is 41.0 Å². The topological polar surface area (TPSA) is 12.9 Å². The molecule has 0 N–H and O–H groups in total. The molecule has 0 radical (unpaired) electrons. The summed E-state index contributed by atoms with van der Waals surface area (Å²) in [6.07, 6.45) is 2.68. The molecular formula is C12H10ClN. The van der Waals surface area contributed by atoms with Crippen LogP contribution in [0.15, 0.2) is 30.3 Å². The van der Waals surface area contributed by atoms with Gasteiger partial charge in [-0.15, -0.1) is 0 Å². The lowest BCUT2D eigenvalue weighted by atomic mass is 10.1. The molecule has 1 nitrogen and oxygen atoms in total. The maximum Gasteiger partial charge on any atom is 0.129 e. The van der Waals surface area contributed by atoms with Crippen molar-refractivity contribution < 1.29 is 0 Å². The van der Waals surface area contributed by atoms with E-state index in [4.69, 9.17) is 11.6 Å². The van der Waals surface area contributed by atoms with Crippen molar-refractivity contribution in [2.45, 2.75) is 18.8 Å². The summed E-state index contributed by atoms with van der Waals surface area (Å²) in [5.74, 6) is 0.801. The SMILES string of the molecule is Clc1ccc2cc(C3CC3)ccc2n1. The summed E-state index contributed by atoms with van der Waals surface area (Å²) in [7, 11) is 0. The average molecular weight is 204 g/mol. The summed E-state index contributed by atoms with van der Waals surface area (Å²) in [6, 6.07) is 10.4. The first-order chi connectivity index (χ1) is 6.83. The van der Waals surface area contributed by atoms with Crippen molar-refractivity contribution in [1.82, 2.24) is 4.98 Å². The van der Waals surface area contributed by atoms with E-state index < -0.39 is 0 Å². The minimum atomic E-state index is 0.566. The Morgan fingerprint density at radius 2 is 2.00 bits per heavy atom. The van der Waals surface area contributed by atoms with Crippen molar-refractivity contribution in [1.29, 1.82) is 0 Å². The second-order valence-corrected chi connectivity index (χ2v) is 4.25. The van der Waals surface area contributed by atoms with Gasteiger partial charge in [0, 0.05) is 5.39 Å². The first kappa shape index (κ1) is 8.25. The molecule has 1 saturated carbocycles. The molecule has 0 atom stereocenters. The van der Waals surface area contributed by atoms with Crippen LogP contribution < -0.4 is 0 Å². The summed E-state index contributed by atoms with van der Waals surface area (Å²) in [4.78, 5) is 4.26. The van der Waals surface area contributed by atoms with Crippen LogP contribution in [0.25, 0.3) is 10.9 Å². The summed E-state index contributed by atoms with van der Waals surface area (Å²) < 4.78 is 0. The lowest BCUT2D eigenvalue weighted by molar-refractivity contribution is 1.13. The molecule has 14 heavy (non-hydrogen) atoms. The highest BCUT2D eigenvalue weighted by Crippen LogP contribution is 2.40. The van der Waals surface area contributed by atoms with Crippen molar-refractivity contribution in [3.63, 3.8) is 0 Å². The lowest BCUT2D eigenvalue weighted by Gasteiger charge is -2.01. The number of aromatic nitrogens is 1. The van der Waals surface area contributed by atoms with E-state index in [0.717, 1.165) is 11.4 Å². The molecule has 0 saturated heterocycles. The molecular weight excluding hydrogens is 194 g/mol. The number of fused-ring (bicyclic) bond motifs is 1. The van der Waals surface area contributed by atoms with E-state index in [0.29, 0.717) is 5.15 Å². The molecule has 1 aliphatic carbocycles. The van der Waals surface area contributed by atoms with Gasteiger partial charge in [-0.1, -0.05) is 17.7 Å². The minimum Gasteiger partial charge on any atom is -0.236 e. The van der Waals surface area contributed by atoms with E-state index in [1.165, 1.54) is 23.8 Å². The number of rotatable bonds is 1. The fourth-order valence-electron chi connectivity index (χ4n) is 1.79. The Bertz CT molecular complexity index is 489. The zero-order valence-electron chi connectivity index (χ0n) is 7.70. The Labute approximate surface area is 87.7 Å². The highest BCUT2D eigenvalue weighted by atomic mass is 35.5. The highest BCUT2D eigenvalue weighted by molar-refractivity contribution is 6.29. The Morgan fingerprint density at radius 1 is 1.14 bits per heavy atom. The molecule has 0 aliphatic heterocycles. The molecule has 2 heteroatoms. The Morgan fingerprint density at radius 3 is 2.79 bits per heavy atom. The lowest BCUT2D eigenvalue weighted by Crippen LogP contribution is -1.83.